The molecule has 1 N–H and O–H groups in total. The van der Waals surface area contributed by atoms with E-state index in [-0.39, 0.29) is 17.6 Å². The summed E-state index contributed by atoms with van der Waals surface area (Å²) >= 11 is 0. The predicted octanol–water partition coefficient (Wildman–Crippen LogP) is 1.71. The normalized spacial score (nSPS) is 20.5. The monoisotopic (exact) mass is 327 g/mol. The molecule has 3 aromatic heterocycles. The molecule has 0 saturated carbocycles. The molecule has 4 heterocycles. The molecular weight excluding hydrogens is 310 g/mol. The van der Waals surface area contributed by atoms with E-state index in [1.807, 2.05) is 16.9 Å². The Balaban J connectivity index is 1.58. The molecule has 0 spiro atoms. The molecular formula is C16H17N5O3. The smallest absolute Gasteiger partial charge is 0.256 e. The minimum absolute atomic E-state index is 0.154. The zero-order valence-corrected chi connectivity index (χ0v) is 13.2. The predicted molar refractivity (Wildman–Crippen MR) is 84.1 cm³/mol. The number of hydrogen-bond donors (Lipinski definition) is 1. The fraction of sp³-hybridized carbons (Fsp3) is 0.375. The first-order chi connectivity index (χ1) is 11.7. The van der Waals surface area contributed by atoms with Gasteiger partial charge in [-0.3, -0.25) is 9.48 Å². The van der Waals surface area contributed by atoms with Gasteiger partial charge < -0.3 is 14.2 Å². The number of nitrogens with one attached hydrogen (secondary N) is 1. The maximum absolute atomic E-state index is 11.3. The van der Waals surface area contributed by atoms with E-state index in [0.717, 1.165) is 18.5 Å². The highest BCUT2D eigenvalue weighted by Gasteiger charge is 2.34. The summed E-state index contributed by atoms with van der Waals surface area (Å²) in [5.41, 5.74) is 1.29. The summed E-state index contributed by atoms with van der Waals surface area (Å²) in [7, 11) is 0. The first kappa shape index (κ1) is 14.8. The second kappa shape index (κ2) is 6.04. The topological polar surface area (TPSA) is 98.8 Å². The molecule has 0 aromatic carbocycles. The Morgan fingerprint density at radius 3 is 3.12 bits per heavy atom. The number of H-pyrrole nitrogens is 1. The van der Waals surface area contributed by atoms with Crippen molar-refractivity contribution in [3.63, 3.8) is 0 Å². The average Bonchev–Trinajstić information content (AvgIpc) is 3.28. The van der Waals surface area contributed by atoms with Gasteiger partial charge in [-0.05, 0) is 25.5 Å². The lowest BCUT2D eigenvalue weighted by molar-refractivity contribution is 0.0578. The van der Waals surface area contributed by atoms with Gasteiger partial charge in [0, 0.05) is 48.8 Å². The van der Waals surface area contributed by atoms with Gasteiger partial charge in [0.2, 0.25) is 11.4 Å². The molecule has 1 aliphatic rings. The Morgan fingerprint density at radius 1 is 1.42 bits per heavy atom. The largest absolute Gasteiger partial charge is 0.368 e. The summed E-state index contributed by atoms with van der Waals surface area (Å²) < 4.78 is 13.1. The molecule has 124 valence electrons. The van der Waals surface area contributed by atoms with Crippen LogP contribution in [-0.2, 0) is 11.3 Å². The number of hydrogen-bond acceptors (Lipinski definition) is 6. The molecule has 8 nitrogen and oxygen atoms in total. The maximum Gasteiger partial charge on any atom is 0.256 e. The van der Waals surface area contributed by atoms with E-state index < -0.39 is 0 Å². The van der Waals surface area contributed by atoms with Crippen LogP contribution in [0.5, 0.6) is 0 Å². The minimum atomic E-state index is -0.237. The molecule has 0 radical (unpaired) electrons. The van der Waals surface area contributed by atoms with Crippen molar-refractivity contribution >= 4 is 0 Å². The van der Waals surface area contributed by atoms with Crippen LogP contribution in [0.2, 0.25) is 0 Å². The highest BCUT2D eigenvalue weighted by Crippen LogP contribution is 2.35. The van der Waals surface area contributed by atoms with Crippen molar-refractivity contribution in [2.24, 2.45) is 5.92 Å². The SMILES string of the molecule is Cc1[nH]c(=O)ccc1-c1noc([C@H]2OCC[C@H]2Cn2cccn2)n1. The molecule has 8 heteroatoms. The number of aryl methyl sites for hydroxylation is 1. The minimum Gasteiger partial charge on any atom is -0.368 e. The van der Waals surface area contributed by atoms with Crippen molar-refractivity contribution in [2.45, 2.75) is 26.0 Å². The maximum atomic E-state index is 11.3. The van der Waals surface area contributed by atoms with Crippen LogP contribution >= 0.6 is 0 Å². The van der Waals surface area contributed by atoms with Crippen molar-refractivity contribution < 1.29 is 9.26 Å². The van der Waals surface area contributed by atoms with Gasteiger partial charge in [0.15, 0.2) is 0 Å². The number of rotatable bonds is 4. The molecule has 0 bridgehead atoms. The lowest BCUT2D eigenvalue weighted by atomic mass is 10.0. The number of nitrogens with zero attached hydrogens (tertiary/aromatic N) is 4. The van der Waals surface area contributed by atoms with Crippen molar-refractivity contribution in [3.8, 4) is 11.4 Å². The Hall–Kier alpha value is -2.74. The van der Waals surface area contributed by atoms with Crippen molar-refractivity contribution in [1.29, 1.82) is 0 Å². The van der Waals surface area contributed by atoms with Crippen molar-refractivity contribution in [1.82, 2.24) is 24.9 Å². The summed E-state index contributed by atoms with van der Waals surface area (Å²) in [4.78, 5) is 18.5. The van der Waals surface area contributed by atoms with E-state index in [4.69, 9.17) is 9.26 Å². The van der Waals surface area contributed by atoms with Crippen LogP contribution in [0.4, 0.5) is 0 Å². The van der Waals surface area contributed by atoms with Gasteiger partial charge in [0.25, 0.3) is 5.89 Å². The summed E-state index contributed by atoms with van der Waals surface area (Å²) in [5, 5.41) is 8.28. The van der Waals surface area contributed by atoms with Gasteiger partial charge in [-0.15, -0.1) is 0 Å². The number of pyridine rings is 1. The van der Waals surface area contributed by atoms with Crippen LogP contribution in [0, 0.1) is 12.8 Å². The lowest BCUT2D eigenvalue weighted by Gasteiger charge is -2.14. The highest BCUT2D eigenvalue weighted by atomic mass is 16.5. The summed E-state index contributed by atoms with van der Waals surface area (Å²) in [6.07, 6.45) is 4.37. The molecule has 1 fully saturated rings. The number of aromatic nitrogens is 5. The zero-order valence-electron chi connectivity index (χ0n) is 13.2. The first-order valence-corrected chi connectivity index (χ1v) is 7.83. The number of ether oxygens (including phenoxy) is 1. The molecule has 0 amide bonds. The van der Waals surface area contributed by atoms with Crippen LogP contribution in [0.25, 0.3) is 11.4 Å². The molecule has 1 aliphatic heterocycles. The molecule has 4 rings (SSSR count). The number of aromatic amines is 1. The zero-order chi connectivity index (χ0) is 16.5. The molecule has 0 unspecified atom stereocenters. The van der Waals surface area contributed by atoms with E-state index in [1.54, 1.807) is 19.2 Å². The van der Waals surface area contributed by atoms with E-state index in [9.17, 15) is 4.79 Å². The fourth-order valence-corrected chi connectivity index (χ4v) is 3.02. The van der Waals surface area contributed by atoms with Crippen LogP contribution in [0.3, 0.4) is 0 Å². The summed E-state index contributed by atoms with van der Waals surface area (Å²) in [6.45, 7) is 3.21. The highest BCUT2D eigenvalue weighted by molar-refractivity contribution is 5.56. The van der Waals surface area contributed by atoms with Gasteiger partial charge >= 0.3 is 0 Å². The van der Waals surface area contributed by atoms with Crippen LogP contribution in [-0.4, -0.2) is 31.5 Å². The third kappa shape index (κ3) is 2.76. The molecule has 2 atom stereocenters. The second-order valence-electron chi connectivity index (χ2n) is 5.89. The summed E-state index contributed by atoms with van der Waals surface area (Å²) in [6, 6.07) is 5.04. The second-order valence-corrected chi connectivity index (χ2v) is 5.89. The molecule has 24 heavy (non-hydrogen) atoms. The first-order valence-electron chi connectivity index (χ1n) is 7.83. The van der Waals surface area contributed by atoms with Gasteiger partial charge in [-0.25, -0.2) is 0 Å². The Labute approximate surface area is 137 Å². The van der Waals surface area contributed by atoms with Crippen LogP contribution in [0.15, 0.2) is 39.9 Å². The Kier molecular flexibility index (Phi) is 3.73. The standard InChI is InChI=1S/C16H17N5O3/c1-10-12(3-4-13(22)18-10)15-19-16(24-20-15)14-11(5-8-23-14)9-21-7-2-6-17-21/h2-4,6-7,11,14H,5,8-9H2,1H3,(H,18,22)/t11-,14-/m0/s1. The Bertz CT molecular complexity index is 883. The average molecular weight is 327 g/mol. The van der Waals surface area contributed by atoms with Gasteiger partial charge in [0.05, 0.1) is 0 Å². The molecule has 3 aromatic rings. The third-order valence-electron chi connectivity index (χ3n) is 4.24. The van der Waals surface area contributed by atoms with Gasteiger partial charge in [-0.2, -0.15) is 10.1 Å². The van der Waals surface area contributed by atoms with E-state index in [1.165, 1.54) is 6.07 Å². The molecule has 0 aliphatic carbocycles. The van der Waals surface area contributed by atoms with E-state index >= 15 is 0 Å². The Morgan fingerprint density at radius 2 is 2.33 bits per heavy atom. The van der Waals surface area contributed by atoms with Crippen LogP contribution < -0.4 is 5.56 Å². The van der Waals surface area contributed by atoms with E-state index in [0.29, 0.717) is 24.0 Å². The summed E-state index contributed by atoms with van der Waals surface area (Å²) in [5.74, 6) is 1.15. The third-order valence-corrected chi connectivity index (χ3v) is 4.24. The van der Waals surface area contributed by atoms with Crippen molar-refractivity contribution in [3.05, 3.63) is 52.5 Å². The lowest BCUT2D eigenvalue weighted by Crippen LogP contribution is -2.15. The van der Waals surface area contributed by atoms with Crippen LogP contribution in [0.1, 0.15) is 24.1 Å². The van der Waals surface area contributed by atoms with Gasteiger partial charge in [0.1, 0.15) is 6.10 Å². The van der Waals surface area contributed by atoms with Crippen molar-refractivity contribution in [2.75, 3.05) is 6.61 Å². The quantitative estimate of drug-likeness (QED) is 0.783. The van der Waals surface area contributed by atoms with E-state index in [2.05, 4.69) is 20.2 Å². The fourth-order valence-electron chi connectivity index (χ4n) is 3.02. The molecule has 1 saturated heterocycles. The van der Waals surface area contributed by atoms with Gasteiger partial charge in [-0.1, -0.05) is 5.16 Å².